The van der Waals surface area contributed by atoms with E-state index in [-0.39, 0.29) is 18.3 Å². The Bertz CT molecular complexity index is 507. The zero-order chi connectivity index (χ0) is 15.5. The van der Waals surface area contributed by atoms with Crippen LogP contribution in [0.4, 0.5) is 4.79 Å². The molecule has 0 aromatic carbocycles. The number of hydrogen-bond donors (Lipinski definition) is 2. The van der Waals surface area contributed by atoms with Crippen LogP contribution in [0.3, 0.4) is 0 Å². The van der Waals surface area contributed by atoms with Crippen LogP contribution in [-0.4, -0.2) is 38.6 Å². The molecule has 0 radical (unpaired) electrons. The molecule has 0 saturated heterocycles. The third-order valence-electron chi connectivity index (χ3n) is 2.18. The van der Waals surface area contributed by atoms with E-state index in [0.717, 1.165) is 0 Å². The van der Waals surface area contributed by atoms with Crippen molar-refractivity contribution in [3.05, 3.63) is 16.4 Å². The summed E-state index contributed by atoms with van der Waals surface area (Å²) < 4.78 is 6.87. The Hall–Kier alpha value is -1.57. The van der Waals surface area contributed by atoms with Gasteiger partial charge in [0.15, 0.2) is 0 Å². The molecule has 1 aromatic heterocycles. The van der Waals surface area contributed by atoms with Gasteiger partial charge >= 0.3 is 12.1 Å². The summed E-state index contributed by atoms with van der Waals surface area (Å²) in [6, 6.07) is 1.08. The Kier molecular flexibility index (Phi) is 5.15. The van der Waals surface area contributed by atoms with Crippen LogP contribution in [-0.2, 0) is 11.3 Å². The number of carbonyl (C=O) groups excluding carboxylic acids is 1. The molecule has 0 fully saturated rings. The highest BCUT2D eigenvalue weighted by atomic mass is 79.9. The summed E-state index contributed by atoms with van der Waals surface area (Å²) in [5.41, 5.74) is -0.528. The van der Waals surface area contributed by atoms with Crippen molar-refractivity contribution in [1.82, 2.24) is 15.1 Å². The van der Waals surface area contributed by atoms with Crippen molar-refractivity contribution in [2.75, 3.05) is 0 Å². The quantitative estimate of drug-likeness (QED) is 0.871. The third-order valence-corrected chi connectivity index (χ3v) is 2.57. The summed E-state index contributed by atoms with van der Waals surface area (Å²) in [4.78, 5) is 22.6. The van der Waals surface area contributed by atoms with E-state index < -0.39 is 17.7 Å². The van der Waals surface area contributed by atoms with E-state index in [0.29, 0.717) is 4.60 Å². The molecule has 0 bridgehead atoms. The van der Waals surface area contributed by atoms with E-state index in [2.05, 4.69) is 26.3 Å². The van der Waals surface area contributed by atoms with Gasteiger partial charge in [-0.3, -0.25) is 4.68 Å². The summed E-state index contributed by atoms with van der Waals surface area (Å²) in [6.45, 7) is 7.27. The van der Waals surface area contributed by atoms with Gasteiger partial charge in [-0.1, -0.05) is 0 Å². The van der Waals surface area contributed by atoms with Crippen molar-refractivity contribution >= 4 is 28.0 Å². The molecule has 1 aromatic rings. The second-order valence-electron chi connectivity index (χ2n) is 5.39. The van der Waals surface area contributed by atoms with Crippen molar-refractivity contribution in [3.8, 4) is 0 Å². The molecule has 0 spiro atoms. The molecule has 1 atom stereocenters. The minimum absolute atomic E-state index is 0.0507. The first kappa shape index (κ1) is 16.5. The molecule has 1 rings (SSSR count). The summed E-state index contributed by atoms with van der Waals surface area (Å²) in [6.07, 6.45) is -0.548. The van der Waals surface area contributed by atoms with Crippen molar-refractivity contribution in [1.29, 1.82) is 0 Å². The van der Waals surface area contributed by atoms with E-state index in [1.807, 2.05) is 0 Å². The van der Waals surface area contributed by atoms with Crippen LogP contribution in [0.1, 0.15) is 38.2 Å². The maximum absolute atomic E-state index is 11.6. The number of aromatic carboxylic acids is 1. The Balaban J connectivity index is 2.65. The number of rotatable bonds is 4. The van der Waals surface area contributed by atoms with Crippen LogP contribution in [0.25, 0.3) is 0 Å². The highest BCUT2D eigenvalue weighted by Crippen LogP contribution is 2.12. The number of nitrogens with one attached hydrogen (secondary N) is 1. The number of ether oxygens (including phenoxy) is 1. The highest BCUT2D eigenvalue weighted by Gasteiger charge is 2.19. The summed E-state index contributed by atoms with van der Waals surface area (Å²) in [5, 5.41) is 15.7. The lowest BCUT2D eigenvalue weighted by atomic mass is 10.2. The lowest BCUT2D eigenvalue weighted by molar-refractivity contribution is 0.0503. The number of hydrogen-bond acceptors (Lipinski definition) is 4. The number of carboxylic acid groups (broad SMARTS) is 1. The van der Waals surface area contributed by atoms with E-state index in [9.17, 15) is 9.59 Å². The summed E-state index contributed by atoms with van der Waals surface area (Å²) in [5.74, 6) is -1.08. The van der Waals surface area contributed by atoms with E-state index >= 15 is 0 Å². The lowest BCUT2D eigenvalue weighted by Gasteiger charge is -2.22. The summed E-state index contributed by atoms with van der Waals surface area (Å²) in [7, 11) is 0. The van der Waals surface area contributed by atoms with Gasteiger partial charge in [-0.15, -0.1) is 0 Å². The van der Waals surface area contributed by atoms with Gasteiger partial charge in [0.05, 0.1) is 6.54 Å². The van der Waals surface area contributed by atoms with Crippen LogP contribution in [0.5, 0.6) is 0 Å². The molecule has 0 unspecified atom stereocenters. The third kappa shape index (κ3) is 5.20. The first-order valence-corrected chi connectivity index (χ1v) is 6.84. The molecule has 1 heterocycles. The number of halogens is 1. The fourth-order valence-corrected chi connectivity index (χ4v) is 1.92. The van der Waals surface area contributed by atoms with Gasteiger partial charge in [-0.25, -0.2) is 9.59 Å². The molecular formula is C12H18BrN3O4. The molecule has 112 valence electrons. The lowest BCUT2D eigenvalue weighted by Crippen LogP contribution is -2.40. The predicted octanol–water partition coefficient (Wildman–Crippen LogP) is 2.26. The number of carbonyl (C=O) groups is 2. The Labute approximate surface area is 125 Å². The summed E-state index contributed by atoms with van der Waals surface area (Å²) >= 11 is 3.12. The molecule has 1 amide bonds. The molecule has 0 aliphatic rings. The standard InChI is InChI=1S/C12H18BrN3O4/c1-7(14-11(19)20-12(2,3)4)6-16-8(10(17)18)5-9(13)15-16/h5,7H,6H2,1-4H3,(H,14,19)(H,17,18)/t7-/m0/s1. The minimum Gasteiger partial charge on any atom is -0.477 e. The number of amides is 1. The average molecular weight is 348 g/mol. The number of nitrogens with zero attached hydrogens (tertiary/aromatic N) is 2. The first-order valence-electron chi connectivity index (χ1n) is 6.04. The van der Waals surface area contributed by atoms with E-state index in [4.69, 9.17) is 9.84 Å². The molecule has 0 aliphatic carbocycles. The van der Waals surface area contributed by atoms with Gasteiger partial charge in [0.2, 0.25) is 0 Å². The zero-order valence-corrected chi connectivity index (χ0v) is 13.4. The first-order chi connectivity index (χ1) is 9.08. The second-order valence-corrected chi connectivity index (χ2v) is 6.20. The Morgan fingerprint density at radius 1 is 1.55 bits per heavy atom. The molecule has 2 N–H and O–H groups in total. The van der Waals surface area contributed by atoms with Gasteiger partial charge in [0.1, 0.15) is 15.9 Å². The van der Waals surface area contributed by atoms with Crippen LogP contribution in [0.2, 0.25) is 0 Å². The topological polar surface area (TPSA) is 93.5 Å². The minimum atomic E-state index is -1.08. The second kappa shape index (κ2) is 6.25. The van der Waals surface area contributed by atoms with E-state index in [1.54, 1.807) is 27.7 Å². The normalized spacial score (nSPS) is 12.8. The van der Waals surface area contributed by atoms with Crippen LogP contribution >= 0.6 is 15.9 Å². The molecular weight excluding hydrogens is 330 g/mol. The average Bonchev–Trinajstić information content (AvgIpc) is 2.55. The fourth-order valence-electron chi connectivity index (χ4n) is 1.51. The van der Waals surface area contributed by atoms with Crippen LogP contribution < -0.4 is 5.32 Å². The Morgan fingerprint density at radius 3 is 2.65 bits per heavy atom. The van der Waals surface area contributed by atoms with Crippen molar-refractivity contribution in [3.63, 3.8) is 0 Å². The highest BCUT2D eigenvalue weighted by molar-refractivity contribution is 9.10. The predicted molar refractivity (Wildman–Crippen MR) is 75.7 cm³/mol. The monoisotopic (exact) mass is 347 g/mol. The maximum Gasteiger partial charge on any atom is 0.407 e. The van der Waals surface area contributed by atoms with Crippen molar-refractivity contribution < 1.29 is 19.4 Å². The van der Waals surface area contributed by atoms with Gasteiger partial charge in [0, 0.05) is 12.1 Å². The van der Waals surface area contributed by atoms with Gasteiger partial charge in [-0.2, -0.15) is 5.10 Å². The van der Waals surface area contributed by atoms with Gasteiger partial charge in [-0.05, 0) is 43.6 Å². The SMILES string of the molecule is C[C@@H](Cn1nc(Br)cc1C(=O)O)NC(=O)OC(C)(C)C. The van der Waals surface area contributed by atoms with Crippen molar-refractivity contribution in [2.24, 2.45) is 0 Å². The Morgan fingerprint density at radius 2 is 2.15 bits per heavy atom. The van der Waals surface area contributed by atoms with Gasteiger partial charge in [0.25, 0.3) is 0 Å². The van der Waals surface area contributed by atoms with Crippen LogP contribution in [0.15, 0.2) is 10.7 Å². The smallest absolute Gasteiger partial charge is 0.407 e. The molecule has 0 saturated carbocycles. The number of alkyl carbamates (subject to hydrolysis) is 1. The van der Waals surface area contributed by atoms with E-state index in [1.165, 1.54) is 10.7 Å². The number of carboxylic acids is 1. The molecule has 20 heavy (non-hydrogen) atoms. The van der Waals surface area contributed by atoms with Crippen LogP contribution in [0, 0.1) is 0 Å². The molecule has 0 aliphatic heterocycles. The fraction of sp³-hybridized carbons (Fsp3) is 0.583. The molecule has 7 nitrogen and oxygen atoms in total. The van der Waals surface area contributed by atoms with Gasteiger partial charge < -0.3 is 15.2 Å². The zero-order valence-electron chi connectivity index (χ0n) is 11.8. The van der Waals surface area contributed by atoms with Crippen molar-refractivity contribution in [2.45, 2.75) is 45.9 Å². The largest absolute Gasteiger partial charge is 0.477 e. The number of aromatic nitrogens is 2. The maximum atomic E-state index is 11.6. The molecule has 8 heteroatoms.